The van der Waals surface area contributed by atoms with Crippen LogP contribution >= 0.6 is 0 Å². The second-order valence-corrected chi connectivity index (χ2v) is 6.44. The Hall–Kier alpha value is -1.60. The summed E-state index contributed by atoms with van der Waals surface area (Å²) < 4.78 is 0. The lowest BCUT2D eigenvalue weighted by molar-refractivity contribution is 0.228. The fourth-order valence-corrected chi connectivity index (χ4v) is 3.84. The Kier molecular flexibility index (Phi) is 2.06. The molecule has 1 heteroatoms. The van der Waals surface area contributed by atoms with Gasteiger partial charge in [0, 0.05) is 11.8 Å². The molecule has 1 saturated carbocycles. The summed E-state index contributed by atoms with van der Waals surface area (Å²) in [5, 5.41) is 10.3. The summed E-state index contributed by atoms with van der Waals surface area (Å²) in [5.74, 6) is 0.703. The van der Waals surface area contributed by atoms with Crippen LogP contribution in [-0.4, -0.2) is 11.2 Å². The Bertz CT molecular complexity index is 611. The molecule has 0 spiro atoms. The highest BCUT2D eigenvalue weighted by molar-refractivity contribution is 5.79. The van der Waals surface area contributed by atoms with Crippen molar-refractivity contribution in [1.29, 1.82) is 0 Å². The van der Waals surface area contributed by atoms with Crippen LogP contribution in [0.25, 0.3) is 11.1 Å². The predicted octanol–water partition coefficient (Wildman–Crippen LogP) is 3.82. The van der Waals surface area contributed by atoms with E-state index in [0.717, 1.165) is 0 Å². The first-order chi connectivity index (χ1) is 9.12. The van der Waals surface area contributed by atoms with Crippen LogP contribution in [0.4, 0.5) is 0 Å². The Morgan fingerprint density at radius 2 is 1.26 bits per heavy atom. The number of aliphatic hydroxyl groups excluding tert-OH is 1. The molecule has 2 aliphatic rings. The van der Waals surface area contributed by atoms with Crippen molar-refractivity contribution < 1.29 is 5.11 Å². The molecule has 96 valence electrons. The van der Waals surface area contributed by atoms with Crippen molar-refractivity contribution in [3.8, 4) is 11.1 Å². The lowest BCUT2D eigenvalue weighted by Gasteiger charge is -2.14. The molecule has 0 aliphatic heterocycles. The highest BCUT2D eigenvalue weighted by Crippen LogP contribution is 2.64. The molecular weight excluding hydrogens is 232 g/mol. The molecule has 1 nitrogen and oxygen atoms in total. The van der Waals surface area contributed by atoms with E-state index < -0.39 is 0 Å². The zero-order chi connectivity index (χ0) is 13.2. The minimum Gasteiger partial charge on any atom is -0.392 e. The minimum atomic E-state index is -0.184. The minimum absolute atomic E-state index is 0.0369. The van der Waals surface area contributed by atoms with E-state index in [9.17, 15) is 5.11 Å². The molecule has 1 fully saturated rings. The number of hydrogen-bond acceptors (Lipinski definition) is 1. The van der Waals surface area contributed by atoms with E-state index in [1.165, 1.54) is 22.3 Å². The predicted molar refractivity (Wildman–Crippen MR) is 77.0 cm³/mol. The standard InChI is InChI=1S/C18H18O/c1-18(2)16(17(18)19)15-13-9-5-3-7-11(13)12-8-4-6-10-14(12)15/h3-10,15-17,19H,1-2H3/t16-,17-/m1/s1. The lowest BCUT2D eigenvalue weighted by Crippen LogP contribution is -2.04. The second kappa shape index (κ2) is 3.49. The van der Waals surface area contributed by atoms with Crippen LogP contribution in [0.3, 0.4) is 0 Å². The van der Waals surface area contributed by atoms with Gasteiger partial charge in [-0.15, -0.1) is 0 Å². The molecule has 0 bridgehead atoms. The zero-order valence-electron chi connectivity index (χ0n) is 11.3. The van der Waals surface area contributed by atoms with E-state index in [2.05, 4.69) is 62.4 Å². The van der Waals surface area contributed by atoms with Crippen molar-refractivity contribution in [2.45, 2.75) is 25.9 Å². The van der Waals surface area contributed by atoms with Gasteiger partial charge in [-0.2, -0.15) is 0 Å². The molecule has 0 amide bonds. The molecule has 4 rings (SSSR count). The summed E-state index contributed by atoms with van der Waals surface area (Å²) >= 11 is 0. The monoisotopic (exact) mass is 250 g/mol. The van der Waals surface area contributed by atoms with Gasteiger partial charge < -0.3 is 5.11 Å². The molecular formula is C18H18O. The van der Waals surface area contributed by atoms with Crippen LogP contribution in [0.15, 0.2) is 48.5 Å². The fraction of sp³-hybridized carbons (Fsp3) is 0.333. The Labute approximate surface area is 113 Å². The van der Waals surface area contributed by atoms with Crippen LogP contribution in [0.5, 0.6) is 0 Å². The van der Waals surface area contributed by atoms with E-state index in [0.29, 0.717) is 11.8 Å². The molecule has 19 heavy (non-hydrogen) atoms. The third-order valence-electron chi connectivity index (χ3n) is 5.09. The van der Waals surface area contributed by atoms with Crippen LogP contribution in [0.2, 0.25) is 0 Å². The molecule has 0 unspecified atom stereocenters. The molecule has 0 radical (unpaired) electrons. The lowest BCUT2D eigenvalue weighted by atomic mass is 9.88. The summed E-state index contributed by atoms with van der Waals surface area (Å²) in [6, 6.07) is 17.3. The van der Waals surface area contributed by atoms with Gasteiger partial charge in [0.25, 0.3) is 0 Å². The third-order valence-corrected chi connectivity index (χ3v) is 5.09. The largest absolute Gasteiger partial charge is 0.392 e. The highest BCUT2D eigenvalue weighted by atomic mass is 16.3. The molecule has 2 aromatic rings. The van der Waals surface area contributed by atoms with E-state index >= 15 is 0 Å². The molecule has 0 saturated heterocycles. The van der Waals surface area contributed by atoms with Gasteiger partial charge in [0.15, 0.2) is 0 Å². The van der Waals surface area contributed by atoms with Gasteiger partial charge in [0.1, 0.15) is 0 Å². The van der Waals surface area contributed by atoms with Gasteiger partial charge in [-0.3, -0.25) is 0 Å². The first-order valence-corrected chi connectivity index (χ1v) is 6.98. The summed E-state index contributed by atoms with van der Waals surface area (Å²) in [7, 11) is 0. The van der Waals surface area contributed by atoms with Crippen molar-refractivity contribution in [2.75, 3.05) is 0 Å². The van der Waals surface area contributed by atoms with Gasteiger partial charge in [-0.1, -0.05) is 62.4 Å². The van der Waals surface area contributed by atoms with Crippen molar-refractivity contribution in [2.24, 2.45) is 11.3 Å². The van der Waals surface area contributed by atoms with Gasteiger partial charge in [-0.25, -0.2) is 0 Å². The molecule has 2 aromatic carbocycles. The van der Waals surface area contributed by atoms with Crippen molar-refractivity contribution in [3.63, 3.8) is 0 Å². The van der Waals surface area contributed by atoms with Gasteiger partial charge in [-0.05, 0) is 27.7 Å². The third kappa shape index (κ3) is 1.34. The average Bonchev–Trinajstić information content (AvgIpc) is 2.80. The quantitative estimate of drug-likeness (QED) is 0.816. The smallest absolute Gasteiger partial charge is 0.0638 e. The first kappa shape index (κ1) is 11.2. The Morgan fingerprint density at radius 1 is 0.842 bits per heavy atom. The van der Waals surface area contributed by atoms with E-state index in [-0.39, 0.29) is 11.5 Å². The second-order valence-electron chi connectivity index (χ2n) is 6.44. The summed E-state index contributed by atoms with van der Waals surface area (Å²) in [5.41, 5.74) is 5.50. The first-order valence-electron chi connectivity index (χ1n) is 6.98. The average molecular weight is 250 g/mol. The maximum atomic E-state index is 10.3. The van der Waals surface area contributed by atoms with Gasteiger partial charge >= 0.3 is 0 Å². The topological polar surface area (TPSA) is 20.2 Å². The molecule has 2 aliphatic carbocycles. The van der Waals surface area contributed by atoms with Crippen LogP contribution in [0.1, 0.15) is 30.9 Å². The number of rotatable bonds is 1. The number of aliphatic hydroxyl groups is 1. The van der Waals surface area contributed by atoms with Crippen molar-refractivity contribution in [1.82, 2.24) is 0 Å². The summed E-state index contributed by atoms with van der Waals surface area (Å²) in [6.07, 6.45) is -0.184. The molecule has 1 N–H and O–H groups in total. The van der Waals surface area contributed by atoms with Crippen LogP contribution in [-0.2, 0) is 0 Å². The molecule has 0 aromatic heterocycles. The van der Waals surface area contributed by atoms with Crippen LogP contribution < -0.4 is 0 Å². The van der Waals surface area contributed by atoms with Crippen molar-refractivity contribution in [3.05, 3.63) is 59.7 Å². The Balaban J connectivity index is 1.93. The van der Waals surface area contributed by atoms with Gasteiger partial charge in [0.2, 0.25) is 0 Å². The molecule has 2 atom stereocenters. The normalized spacial score (nSPS) is 26.9. The summed E-state index contributed by atoms with van der Waals surface area (Å²) in [4.78, 5) is 0. The molecule has 0 heterocycles. The van der Waals surface area contributed by atoms with Crippen LogP contribution in [0, 0.1) is 11.3 Å². The van der Waals surface area contributed by atoms with E-state index in [1.807, 2.05) is 0 Å². The maximum Gasteiger partial charge on any atom is 0.0638 e. The zero-order valence-corrected chi connectivity index (χ0v) is 11.3. The number of fused-ring (bicyclic) bond motifs is 3. The van der Waals surface area contributed by atoms with Crippen molar-refractivity contribution >= 4 is 0 Å². The van der Waals surface area contributed by atoms with Gasteiger partial charge in [0.05, 0.1) is 6.10 Å². The Morgan fingerprint density at radius 3 is 1.68 bits per heavy atom. The maximum absolute atomic E-state index is 10.3. The summed E-state index contributed by atoms with van der Waals surface area (Å²) in [6.45, 7) is 4.34. The highest BCUT2D eigenvalue weighted by Gasteiger charge is 2.62. The fourth-order valence-electron chi connectivity index (χ4n) is 3.84. The SMILES string of the molecule is CC1(C)[C@H](O)[C@H]1C1c2ccccc2-c2ccccc21. The number of hydrogen-bond donors (Lipinski definition) is 1. The van der Waals surface area contributed by atoms with E-state index in [1.54, 1.807) is 0 Å². The number of benzene rings is 2. The van der Waals surface area contributed by atoms with E-state index in [4.69, 9.17) is 0 Å².